The highest BCUT2D eigenvalue weighted by Gasteiger charge is 2.04. The van der Waals surface area contributed by atoms with Gasteiger partial charge in [0, 0.05) is 28.4 Å². The summed E-state index contributed by atoms with van der Waals surface area (Å²) in [5.74, 6) is 7.06. The van der Waals surface area contributed by atoms with Crippen LogP contribution in [0, 0.1) is 11.8 Å². The fourth-order valence-corrected chi connectivity index (χ4v) is 2.97. The molecule has 2 aromatic heterocycles. The first-order valence-corrected chi connectivity index (χ1v) is 9.45. The van der Waals surface area contributed by atoms with Crippen molar-refractivity contribution >= 4 is 28.6 Å². The molecule has 0 unspecified atom stereocenters. The molecule has 2 N–H and O–H groups in total. The molecule has 0 atom stereocenters. The van der Waals surface area contributed by atoms with Gasteiger partial charge in [0.25, 0.3) is 0 Å². The van der Waals surface area contributed by atoms with Crippen molar-refractivity contribution in [2.75, 3.05) is 5.32 Å². The predicted octanol–water partition coefficient (Wildman–Crippen LogP) is 5.50. The molecule has 0 spiro atoms. The second kappa shape index (κ2) is 7.75. The van der Waals surface area contributed by atoms with Crippen LogP contribution in [-0.2, 0) is 0 Å². The maximum atomic E-state index is 5.94. The van der Waals surface area contributed by atoms with Crippen LogP contribution in [0.4, 0.5) is 5.95 Å². The van der Waals surface area contributed by atoms with Crippen molar-refractivity contribution in [3.63, 3.8) is 0 Å². The molecule has 138 valence electrons. The first kappa shape index (κ1) is 18.1. The Morgan fingerprint density at radius 1 is 0.964 bits per heavy atom. The summed E-state index contributed by atoms with van der Waals surface area (Å²) < 4.78 is 0. The number of hydrogen-bond donors (Lipinski definition) is 2. The lowest BCUT2D eigenvalue weighted by Gasteiger charge is -2.04. The smallest absolute Gasteiger partial charge is 0.201 e. The van der Waals surface area contributed by atoms with E-state index in [9.17, 15) is 0 Å². The van der Waals surface area contributed by atoms with Crippen molar-refractivity contribution in [3.8, 4) is 23.0 Å². The molecule has 0 aliphatic carbocycles. The summed E-state index contributed by atoms with van der Waals surface area (Å²) in [7, 11) is 0. The summed E-state index contributed by atoms with van der Waals surface area (Å²) >= 11 is 5.94. The van der Waals surface area contributed by atoms with E-state index in [1.807, 2.05) is 60.8 Å². The van der Waals surface area contributed by atoms with Crippen LogP contribution in [0.1, 0.15) is 25.1 Å². The van der Waals surface area contributed by atoms with Crippen LogP contribution >= 0.6 is 11.6 Å². The highest BCUT2D eigenvalue weighted by molar-refractivity contribution is 6.30. The van der Waals surface area contributed by atoms with E-state index in [0.29, 0.717) is 6.04 Å². The quantitative estimate of drug-likeness (QED) is 0.457. The number of aromatic nitrogens is 3. The summed E-state index contributed by atoms with van der Waals surface area (Å²) in [4.78, 5) is 12.3. The maximum Gasteiger partial charge on any atom is 0.201 e. The van der Waals surface area contributed by atoms with Gasteiger partial charge in [-0.2, -0.15) is 0 Å². The first-order valence-electron chi connectivity index (χ1n) is 9.07. The molecular formula is C23H19ClN4. The number of anilines is 1. The Bertz CT molecular complexity index is 1160. The Morgan fingerprint density at radius 2 is 1.75 bits per heavy atom. The minimum Gasteiger partial charge on any atom is -0.354 e. The zero-order valence-corrected chi connectivity index (χ0v) is 16.4. The van der Waals surface area contributed by atoms with Gasteiger partial charge in [0.2, 0.25) is 5.95 Å². The van der Waals surface area contributed by atoms with E-state index in [4.69, 9.17) is 11.6 Å². The summed E-state index contributed by atoms with van der Waals surface area (Å²) in [6.45, 7) is 4.16. The van der Waals surface area contributed by atoms with Crippen LogP contribution in [0.2, 0.25) is 5.02 Å². The Kier molecular flexibility index (Phi) is 5.01. The summed E-state index contributed by atoms with van der Waals surface area (Å²) in [5.41, 5.74) is 5.62. The van der Waals surface area contributed by atoms with Crippen LogP contribution in [0.3, 0.4) is 0 Å². The third-order valence-electron chi connectivity index (χ3n) is 4.18. The van der Waals surface area contributed by atoms with E-state index in [2.05, 4.69) is 46.0 Å². The number of aromatic amines is 1. The van der Waals surface area contributed by atoms with Crippen LogP contribution in [0.25, 0.3) is 22.2 Å². The molecule has 0 fully saturated rings. The van der Waals surface area contributed by atoms with Crippen molar-refractivity contribution in [1.29, 1.82) is 0 Å². The summed E-state index contributed by atoms with van der Waals surface area (Å²) in [6.07, 6.45) is 1.83. The number of fused-ring (bicyclic) bond motifs is 1. The number of nitrogens with zero attached hydrogens (tertiary/aromatic N) is 2. The lowest BCUT2D eigenvalue weighted by Crippen LogP contribution is -2.10. The molecular weight excluding hydrogens is 368 g/mol. The van der Waals surface area contributed by atoms with Crippen molar-refractivity contribution in [3.05, 3.63) is 77.1 Å². The fourth-order valence-electron chi connectivity index (χ4n) is 2.85. The van der Waals surface area contributed by atoms with Gasteiger partial charge < -0.3 is 10.3 Å². The van der Waals surface area contributed by atoms with Crippen molar-refractivity contribution in [2.24, 2.45) is 0 Å². The molecule has 0 radical (unpaired) electrons. The van der Waals surface area contributed by atoms with Gasteiger partial charge in [-0.3, -0.25) is 0 Å². The molecule has 4 aromatic rings. The van der Waals surface area contributed by atoms with Crippen LogP contribution in [0.15, 0.2) is 60.8 Å². The molecule has 4 rings (SSSR count). The maximum absolute atomic E-state index is 5.94. The van der Waals surface area contributed by atoms with E-state index >= 15 is 0 Å². The topological polar surface area (TPSA) is 53.6 Å². The molecule has 2 heterocycles. The zero-order chi connectivity index (χ0) is 19.5. The molecule has 28 heavy (non-hydrogen) atoms. The Morgan fingerprint density at radius 3 is 2.46 bits per heavy atom. The van der Waals surface area contributed by atoms with Gasteiger partial charge in [0.05, 0.1) is 11.0 Å². The van der Waals surface area contributed by atoms with Crippen LogP contribution in [-0.4, -0.2) is 21.0 Å². The molecule has 2 aromatic carbocycles. The number of benzene rings is 2. The van der Waals surface area contributed by atoms with Gasteiger partial charge in [0.15, 0.2) is 0 Å². The monoisotopic (exact) mass is 386 g/mol. The fraction of sp³-hybridized carbons (Fsp3) is 0.130. The van der Waals surface area contributed by atoms with E-state index in [1.54, 1.807) is 0 Å². The van der Waals surface area contributed by atoms with E-state index in [0.717, 1.165) is 44.4 Å². The van der Waals surface area contributed by atoms with E-state index in [-0.39, 0.29) is 0 Å². The van der Waals surface area contributed by atoms with Crippen LogP contribution in [0.5, 0.6) is 0 Å². The minimum absolute atomic E-state index is 0.321. The molecule has 5 heteroatoms. The number of halogens is 1. The van der Waals surface area contributed by atoms with E-state index in [1.165, 1.54) is 0 Å². The Labute approximate surface area is 169 Å². The largest absolute Gasteiger partial charge is 0.354 e. The standard InChI is InChI=1S/C23H19ClN4/c1-15(2)26-23-27-21-12-4-16(13-22(21)28-23)3-10-20-11-7-18(14-25-20)17-5-8-19(24)9-6-17/h4-9,11-15H,1-2H3,(H2,26,27,28). The van der Waals surface area contributed by atoms with Crippen molar-refractivity contribution in [2.45, 2.75) is 19.9 Å². The summed E-state index contributed by atoms with van der Waals surface area (Å²) in [6, 6.07) is 17.9. The number of rotatable bonds is 3. The second-order valence-corrected chi connectivity index (χ2v) is 7.24. The number of hydrogen-bond acceptors (Lipinski definition) is 3. The predicted molar refractivity (Wildman–Crippen MR) is 116 cm³/mol. The van der Waals surface area contributed by atoms with Crippen molar-refractivity contribution < 1.29 is 0 Å². The minimum atomic E-state index is 0.321. The lowest BCUT2D eigenvalue weighted by atomic mass is 10.1. The number of imidazole rings is 1. The van der Waals surface area contributed by atoms with Gasteiger partial charge in [-0.05, 0) is 61.7 Å². The SMILES string of the molecule is CC(C)Nc1nc2ccc(C#Cc3ccc(-c4ccc(Cl)cc4)cn3)cc2[nH]1. The number of H-pyrrole nitrogens is 1. The molecule has 0 aliphatic rings. The Hall–Kier alpha value is -3.29. The molecule has 0 saturated carbocycles. The second-order valence-electron chi connectivity index (χ2n) is 6.81. The highest BCUT2D eigenvalue weighted by atomic mass is 35.5. The number of nitrogens with one attached hydrogen (secondary N) is 2. The van der Waals surface area contributed by atoms with Gasteiger partial charge >= 0.3 is 0 Å². The molecule has 0 bridgehead atoms. The number of pyridine rings is 1. The summed E-state index contributed by atoms with van der Waals surface area (Å²) in [5, 5.41) is 4.00. The zero-order valence-electron chi connectivity index (χ0n) is 15.6. The van der Waals surface area contributed by atoms with Gasteiger partial charge in [-0.25, -0.2) is 9.97 Å². The molecule has 0 aliphatic heterocycles. The molecule has 0 saturated heterocycles. The third kappa shape index (κ3) is 4.16. The molecule has 4 nitrogen and oxygen atoms in total. The van der Waals surface area contributed by atoms with E-state index < -0.39 is 0 Å². The molecule has 0 amide bonds. The van der Waals surface area contributed by atoms with Crippen molar-refractivity contribution in [1.82, 2.24) is 15.0 Å². The van der Waals surface area contributed by atoms with Gasteiger partial charge in [-0.1, -0.05) is 35.7 Å². The van der Waals surface area contributed by atoms with Gasteiger partial charge in [-0.15, -0.1) is 0 Å². The Balaban J connectivity index is 1.54. The van der Waals surface area contributed by atoms with Gasteiger partial charge in [0.1, 0.15) is 5.69 Å². The average Bonchev–Trinajstić information content (AvgIpc) is 3.08. The van der Waals surface area contributed by atoms with Crippen LogP contribution < -0.4 is 5.32 Å². The third-order valence-corrected chi connectivity index (χ3v) is 4.44. The lowest BCUT2D eigenvalue weighted by molar-refractivity contribution is 0.883. The highest BCUT2D eigenvalue weighted by Crippen LogP contribution is 2.21. The first-order chi connectivity index (χ1) is 13.6. The normalized spacial score (nSPS) is 10.7. The average molecular weight is 387 g/mol.